The van der Waals surface area contributed by atoms with Gasteiger partial charge in [-0.1, -0.05) is 23.7 Å². The Morgan fingerprint density at radius 3 is 2.71 bits per heavy atom. The molecule has 0 radical (unpaired) electrons. The monoisotopic (exact) mass is 326 g/mol. The molecule has 0 spiro atoms. The predicted molar refractivity (Wildman–Crippen MR) is 79.9 cm³/mol. The Morgan fingerprint density at radius 2 is 2.05 bits per heavy atom. The van der Waals surface area contributed by atoms with Gasteiger partial charge < -0.3 is 10.6 Å². The average Bonchev–Trinajstić information content (AvgIpc) is 2.98. The van der Waals surface area contributed by atoms with Crippen molar-refractivity contribution in [3.05, 3.63) is 57.0 Å². The topological polar surface area (TPSA) is 58.2 Å². The Kier molecular flexibility index (Phi) is 5.30. The summed E-state index contributed by atoms with van der Waals surface area (Å²) in [4.78, 5) is 23.8. The number of nitrogens with one attached hydrogen (secondary N) is 2. The molecule has 1 heterocycles. The van der Waals surface area contributed by atoms with Gasteiger partial charge in [0, 0.05) is 11.6 Å². The first-order chi connectivity index (χ1) is 10.1. The Hall–Kier alpha value is -1.92. The summed E-state index contributed by atoms with van der Waals surface area (Å²) in [5, 5.41) is 7.15. The fraction of sp³-hybridized carbons (Fsp3) is 0.143. The molecule has 1 aromatic carbocycles. The van der Waals surface area contributed by atoms with Crippen LogP contribution in [0.1, 0.15) is 15.2 Å². The maximum Gasteiger partial charge on any atom is 0.261 e. The van der Waals surface area contributed by atoms with Gasteiger partial charge >= 0.3 is 0 Å². The summed E-state index contributed by atoms with van der Waals surface area (Å²) in [5.74, 6) is -1.07. The molecule has 0 aliphatic rings. The highest BCUT2D eigenvalue weighted by atomic mass is 35.5. The highest BCUT2D eigenvalue weighted by molar-refractivity contribution is 7.12. The Morgan fingerprint density at radius 1 is 1.24 bits per heavy atom. The molecule has 4 nitrogen and oxygen atoms in total. The highest BCUT2D eigenvalue weighted by Gasteiger charge is 2.09. The Bertz CT molecular complexity index is 646. The van der Waals surface area contributed by atoms with E-state index in [2.05, 4.69) is 10.6 Å². The van der Waals surface area contributed by atoms with Gasteiger partial charge in [0.1, 0.15) is 5.82 Å². The molecule has 2 amide bonds. The number of hydrogen-bond acceptors (Lipinski definition) is 3. The van der Waals surface area contributed by atoms with E-state index in [1.54, 1.807) is 17.5 Å². The van der Waals surface area contributed by atoms with Gasteiger partial charge in [-0.3, -0.25) is 9.59 Å². The van der Waals surface area contributed by atoms with Crippen molar-refractivity contribution in [1.29, 1.82) is 0 Å². The summed E-state index contributed by atoms with van der Waals surface area (Å²) in [6.07, 6.45) is 0. The van der Waals surface area contributed by atoms with Crippen molar-refractivity contribution >= 4 is 34.8 Å². The van der Waals surface area contributed by atoms with Crippen LogP contribution in [0.25, 0.3) is 0 Å². The molecule has 2 aromatic rings. The number of carbonyl (C=O) groups excluding carboxylic acids is 2. The molecule has 2 N–H and O–H groups in total. The van der Waals surface area contributed by atoms with Crippen LogP contribution in [0, 0.1) is 5.82 Å². The second kappa shape index (κ2) is 7.19. The second-order valence-corrected chi connectivity index (χ2v) is 5.53. The largest absolute Gasteiger partial charge is 0.350 e. The first kappa shape index (κ1) is 15.5. The SMILES string of the molecule is O=C(CNC(=O)c1cccs1)NCc1ccc(F)cc1Cl. The summed E-state index contributed by atoms with van der Waals surface area (Å²) >= 11 is 7.15. The number of hydrogen-bond donors (Lipinski definition) is 2. The second-order valence-electron chi connectivity index (χ2n) is 4.17. The van der Waals surface area contributed by atoms with Crippen LogP contribution < -0.4 is 10.6 Å². The van der Waals surface area contributed by atoms with E-state index >= 15 is 0 Å². The minimum Gasteiger partial charge on any atom is -0.350 e. The molecule has 0 aliphatic heterocycles. The molecule has 2 rings (SSSR count). The van der Waals surface area contributed by atoms with E-state index in [0.717, 1.165) is 0 Å². The van der Waals surface area contributed by atoms with Crippen molar-refractivity contribution in [3.63, 3.8) is 0 Å². The van der Waals surface area contributed by atoms with Gasteiger partial charge in [-0.05, 0) is 29.1 Å². The van der Waals surface area contributed by atoms with Gasteiger partial charge in [0.25, 0.3) is 5.91 Å². The molecule has 7 heteroatoms. The molecule has 0 bridgehead atoms. The van der Waals surface area contributed by atoms with Crippen molar-refractivity contribution in [2.75, 3.05) is 6.54 Å². The van der Waals surface area contributed by atoms with Crippen LogP contribution in [0.15, 0.2) is 35.7 Å². The van der Waals surface area contributed by atoms with Crippen molar-refractivity contribution in [1.82, 2.24) is 10.6 Å². The molecule has 0 atom stereocenters. The molecular weight excluding hydrogens is 315 g/mol. The van der Waals surface area contributed by atoms with Crippen LogP contribution in [0.4, 0.5) is 4.39 Å². The molecule has 0 saturated carbocycles. The van der Waals surface area contributed by atoms with Crippen LogP contribution in [0.2, 0.25) is 5.02 Å². The lowest BCUT2D eigenvalue weighted by Crippen LogP contribution is -2.36. The normalized spacial score (nSPS) is 10.2. The van der Waals surface area contributed by atoms with Crippen LogP contribution in [-0.2, 0) is 11.3 Å². The number of benzene rings is 1. The first-order valence-electron chi connectivity index (χ1n) is 6.08. The molecule has 0 saturated heterocycles. The number of amides is 2. The molecule has 1 aromatic heterocycles. The van der Waals surface area contributed by atoms with E-state index in [4.69, 9.17) is 11.6 Å². The quantitative estimate of drug-likeness (QED) is 0.887. The standard InChI is InChI=1S/C14H12ClFN2O2S/c15-11-6-10(16)4-3-9(11)7-17-13(19)8-18-14(20)12-2-1-5-21-12/h1-6H,7-8H2,(H,17,19)(H,18,20). The van der Waals surface area contributed by atoms with Gasteiger partial charge in [-0.25, -0.2) is 4.39 Å². The van der Waals surface area contributed by atoms with Crippen molar-refractivity contribution in [2.24, 2.45) is 0 Å². The molecule has 0 unspecified atom stereocenters. The third-order valence-corrected chi connectivity index (χ3v) is 3.87. The lowest BCUT2D eigenvalue weighted by molar-refractivity contribution is -0.120. The van der Waals surface area contributed by atoms with Crippen LogP contribution in [0.5, 0.6) is 0 Å². The van der Waals surface area contributed by atoms with Crippen LogP contribution in [-0.4, -0.2) is 18.4 Å². The Balaban J connectivity index is 1.78. The van der Waals surface area contributed by atoms with Crippen LogP contribution in [0.3, 0.4) is 0 Å². The zero-order valence-corrected chi connectivity index (χ0v) is 12.4. The molecule has 0 fully saturated rings. The smallest absolute Gasteiger partial charge is 0.261 e. The lowest BCUT2D eigenvalue weighted by atomic mass is 10.2. The van der Waals surface area contributed by atoms with Crippen LogP contribution >= 0.6 is 22.9 Å². The van der Waals surface area contributed by atoms with E-state index in [0.29, 0.717) is 10.4 Å². The third-order valence-electron chi connectivity index (χ3n) is 2.65. The third kappa shape index (κ3) is 4.54. The first-order valence-corrected chi connectivity index (χ1v) is 7.34. The lowest BCUT2D eigenvalue weighted by Gasteiger charge is -2.08. The van der Waals surface area contributed by atoms with E-state index < -0.39 is 5.82 Å². The molecular formula is C14H12ClFN2O2S. The van der Waals surface area contributed by atoms with Crippen molar-refractivity contribution in [3.8, 4) is 0 Å². The fourth-order valence-corrected chi connectivity index (χ4v) is 2.45. The van der Waals surface area contributed by atoms with Crippen molar-refractivity contribution in [2.45, 2.75) is 6.54 Å². The van der Waals surface area contributed by atoms with Gasteiger partial charge in [0.05, 0.1) is 11.4 Å². The minimum atomic E-state index is -0.432. The maximum atomic E-state index is 12.9. The number of carbonyl (C=O) groups is 2. The Labute approximate surface area is 129 Å². The molecule has 0 aliphatic carbocycles. The molecule has 21 heavy (non-hydrogen) atoms. The summed E-state index contributed by atoms with van der Waals surface area (Å²) in [7, 11) is 0. The van der Waals surface area contributed by atoms with E-state index in [9.17, 15) is 14.0 Å². The maximum absolute atomic E-state index is 12.9. The van der Waals surface area contributed by atoms with Gasteiger partial charge in [0.15, 0.2) is 0 Å². The van der Waals surface area contributed by atoms with E-state index in [1.807, 2.05) is 0 Å². The van der Waals surface area contributed by atoms with Crippen molar-refractivity contribution < 1.29 is 14.0 Å². The number of rotatable bonds is 5. The average molecular weight is 327 g/mol. The summed E-state index contributed by atoms with van der Waals surface area (Å²) in [5.41, 5.74) is 0.607. The van der Waals surface area contributed by atoms with Gasteiger partial charge in [-0.2, -0.15) is 0 Å². The minimum absolute atomic E-state index is 0.129. The highest BCUT2D eigenvalue weighted by Crippen LogP contribution is 2.16. The summed E-state index contributed by atoms with van der Waals surface area (Å²) in [6.45, 7) is 0.0440. The predicted octanol–water partition coefficient (Wildman–Crippen LogP) is 2.59. The zero-order valence-electron chi connectivity index (χ0n) is 10.9. The fourth-order valence-electron chi connectivity index (χ4n) is 1.58. The number of thiophene rings is 1. The van der Waals surface area contributed by atoms with Gasteiger partial charge in [0.2, 0.25) is 5.91 Å². The molecule has 110 valence electrons. The summed E-state index contributed by atoms with van der Waals surface area (Å²) in [6, 6.07) is 7.39. The van der Waals surface area contributed by atoms with E-state index in [1.165, 1.54) is 29.5 Å². The summed E-state index contributed by atoms with van der Waals surface area (Å²) < 4.78 is 12.9. The number of halogens is 2. The van der Waals surface area contributed by atoms with E-state index in [-0.39, 0.29) is 29.9 Å². The zero-order chi connectivity index (χ0) is 15.2. The van der Waals surface area contributed by atoms with Gasteiger partial charge in [-0.15, -0.1) is 11.3 Å².